The molecule has 0 radical (unpaired) electrons. The molecule has 1 heterocycles. The summed E-state index contributed by atoms with van der Waals surface area (Å²) in [5, 5.41) is 19.9. The second-order valence-electron chi connectivity index (χ2n) is 3.62. The molecule has 94 valence electrons. The van der Waals surface area contributed by atoms with Crippen molar-refractivity contribution < 1.29 is 15.0 Å². The molecule has 2 atom stereocenters. The first kappa shape index (κ1) is 14.4. The van der Waals surface area contributed by atoms with Crippen LogP contribution >= 0.6 is 23.4 Å². The Labute approximate surface area is 109 Å². The maximum absolute atomic E-state index is 10.8. The van der Waals surface area contributed by atoms with Gasteiger partial charge in [-0.05, 0) is 13.0 Å². The zero-order chi connectivity index (χ0) is 13.0. The number of aliphatic hydroxyl groups excluding tert-OH is 2. The minimum Gasteiger partial charge on any atom is -0.389 e. The van der Waals surface area contributed by atoms with E-state index in [0.29, 0.717) is 16.4 Å². The van der Waals surface area contributed by atoms with Gasteiger partial charge in [-0.25, -0.2) is 4.98 Å². The summed E-state index contributed by atoms with van der Waals surface area (Å²) in [6, 6.07) is 3.18. The van der Waals surface area contributed by atoms with E-state index in [1.165, 1.54) is 6.92 Å². The highest BCUT2D eigenvalue weighted by Gasteiger charge is 2.21. The van der Waals surface area contributed by atoms with Crippen molar-refractivity contribution >= 4 is 28.5 Å². The van der Waals surface area contributed by atoms with E-state index in [4.69, 9.17) is 11.6 Å². The van der Waals surface area contributed by atoms with Crippen LogP contribution in [-0.2, 0) is 4.79 Å². The Bertz CT molecular complexity index is 414. The summed E-state index contributed by atoms with van der Waals surface area (Å²) in [5.41, 5.74) is 1.09. The lowest BCUT2D eigenvalue weighted by Gasteiger charge is -2.18. The molecule has 2 unspecified atom stereocenters. The quantitative estimate of drug-likeness (QED) is 0.819. The SMILES string of the molecule is CC(=O)SCC(O)C(O)c1ccc(Cl)nc1C. The molecular weight excluding hydrogens is 262 g/mol. The maximum atomic E-state index is 10.8. The number of rotatable bonds is 4. The summed E-state index contributed by atoms with van der Waals surface area (Å²) in [5.74, 6) is 0.151. The number of nitrogens with zero attached hydrogens (tertiary/aromatic N) is 1. The Morgan fingerprint density at radius 2 is 2.18 bits per heavy atom. The van der Waals surface area contributed by atoms with Crippen LogP contribution in [-0.4, -0.2) is 32.2 Å². The van der Waals surface area contributed by atoms with Gasteiger partial charge in [-0.2, -0.15) is 0 Å². The van der Waals surface area contributed by atoms with Crippen molar-refractivity contribution in [2.75, 3.05) is 5.75 Å². The molecule has 0 aliphatic rings. The second-order valence-corrected chi connectivity index (χ2v) is 5.21. The Kier molecular flexibility index (Phi) is 5.39. The summed E-state index contributed by atoms with van der Waals surface area (Å²) >= 11 is 6.68. The van der Waals surface area contributed by atoms with E-state index in [1.807, 2.05) is 0 Å². The lowest BCUT2D eigenvalue weighted by Crippen LogP contribution is -2.22. The largest absolute Gasteiger partial charge is 0.389 e. The van der Waals surface area contributed by atoms with E-state index in [-0.39, 0.29) is 10.9 Å². The Morgan fingerprint density at radius 1 is 1.53 bits per heavy atom. The number of halogens is 1. The van der Waals surface area contributed by atoms with E-state index in [0.717, 1.165) is 11.8 Å². The van der Waals surface area contributed by atoms with Crippen LogP contribution in [0.1, 0.15) is 24.3 Å². The van der Waals surface area contributed by atoms with Gasteiger partial charge in [0.05, 0.1) is 6.10 Å². The number of aliphatic hydroxyl groups is 2. The second kappa shape index (κ2) is 6.35. The van der Waals surface area contributed by atoms with Gasteiger partial charge in [-0.15, -0.1) is 0 Å². The predicted molar refractivity (Wildman–Crippen MR) is 68.1 cm³/mol. The molecule has 6 heteroatoms. The molecule has 0 saturated carbocycles. The van der Waals surface area contributed by atoms with Crippen LogP contribution in [0.3, 0.4) is 0 Å². The molecule has 0 aromatic carbocycles. The highest BCUT2D eigenvalue weighted by atomic mass is 35.5. The van der Waals surface area contributed by atoms with Crippen LogP contribution in [0.25, 0.3) is 0 Å². The van der Waals surface area contributed by atoms with Crippen molar-refractivity contribution in [3.63, 3.8) is 0 Å². The van der Waals surface area contributed by atoms with Crippen LogP contribution in [0.2, 0.25) is 5.15 Å². The Morgan fingerprint density at radius 3 is 2.71 bits per heavy atom. The smallest absolute Gasteiger partial charge is 0.185 e. The van der Waals surface area contributed by atoms with Crippen LogP contribution in [0, 0.1) is 6.92 Å². The van der Waals surface area contributed by atoms with Gasteiger partial charge < -0.3 is 10.2 Å². The first-order valence-electron chi connectivity index (χ1n) is 5.04. The third-order valence-corrected chi connectivity index (χ3v) is 3.36. The summed E-state index contributed by atoms with van der Waals surface area (Å²) in [7, 11) is 0. The van der Waals surface area contributed by atoms with Crippen molar-refractivity contribution in [1.82, 2.24) is 4.98 Å². The molecule has 0 saturated heterocycles. The number of aryl methyl sites for hydroxylation is 1. The summed E-state index contributed by atoms with van der Waals surface area (Å²) in [4.78, 5) is 14.8. The van der Waals surface area contributed by atoms with Crippen LogP contribution < -0.4 is 0 Å². The number of aromatic nitrogens is 1. The first-order chi connectivity index (χ1) is 7.91. The molecule has 0 amide bonds. The third kappa shape index (κ3) is 4.27. The molecule has 1 aromatic rings. The van der Waals surface area contributed by atoms with Gasteiger partial charge in [0.25, 0.3) is 0 Å². The molecule has 0 bridgehead atoms. The van der Waals surface area contributed by atoms with Gasteiger partial charge in [0.2, 0.25) is 0 Å². The highest BCUT2D eigenvalue weighted by Crippen LogP contribution is 2.23. The average Bonchev–Trinajstić information content (AvgIpc) is 2.25. The predicted octanol–water partition coefficient (Wildman–Crippen LogP) is 1.72. The first-order valence-corrected chi connectivity index (χ1v) is 6.40. The molecule has 0 spiro atoms. The topological polar surface area (TPSA) is 70.4 Å². The molecule has 2 N–H and O–H groups in total. The van der Waals surface area contributed by atoms with Gasteiger partial charge >= 0.3 is 0 Å². The maximum Gasteiger partial charge on any atom is 0.185 e. The van der Waals surface area contributed by atoms with Crippen LogP contribution in [0.15, 0.2) is 12.1 Å². The fourth-order valence-corrected chi connectivity index (χ4v) is 2.13. The highest BCUT2D eigenvalue weighted by molar-refractivity contribution is 8.13. The number of hydrogen-bond donors (Lipinski definition) is 2. The lowest BCUT2D eigenvalue weighted by atomic mass is 10.0. The van der Waals surface area contributed by atoms with E-state index in [2.05, 4.69) is 4.98 Å². The molecule has 1 rings (SSSR count). The van der Waals surface area contributed by atoms with Crippen molar-refractivity contribution in [1.29, 1.82) is 0 Å². The monoisotopic (exact) mass is 275 g/mol. The van der Waals surface area contributed by atoms with E-state index >= 15 is 0 Å². The number of carbonyl (C=O) groups is 1. The van der Waals surface area contributed by atoms with Gasteiger partial charge in [-0.1, -0.05) is 29.4 Å². The minimum atomic E-state index is -1.06. The third-order valence-electron chi connectivity index (χ3n) is 2.23. The fraction of sp³-hybridized carbons (Fsp3) is 0.455. The molecule has 0 aliphatic carbocycles. The molecule has 4 nitrogen and oxygen atoms in total. The minimum absolute atomic E-state index is 0.0952. The summed E-state index contributed by atoms with van der Waals surface area (Å²) in [6.07, 6.45) is -2.07. The number of carbonyl (C=O) groups excluding carboxylic acids is 1. The van der Waals surface area contributed by atoms with Gasteiger partial charge in [-0.3, -0.25) is 4.79 Å². The molecule has 0 fully saturated rings. The van der Waals surface area contributed by atoms with Crippen LogP contribution in [0.5, 0.6) is 0 Å². The Balaban J connectivity index is 2.74. The zero-order valence-electron chi connectivity index (χ0n) is 9.55. The zero-order valence-corrected chi connectivity index (χ0v) is 11.1. The normalized spacial score (nSPS) is 14.4. The van der Waals surface area contributed by atoms with Crippen molar-refractivity contribution in [3.05, 3.63) is 28.5 Å². The van der Waals surface area contributed by atoms with Crippen molar-refractivity contribution in [3.8, 4) is 0 Å². The number of thioether (sulfide) groups is 1. The lowest BCUT2D eigenvalue weighted by molar-refractivity contribution is -0.109. The Hall–Kier alpha value is -0.620. The number of hydrogen-bond acceptors (Lipinski definition) is 5. The van der Waals surface area contributed by atoms with E-state index in [9.17, 15) is 15.0 Å². The van der Waals surface area contributed by atoms with Gasteiger partial charge in [0, 0.05) is 23.9 Å². The van der Waals surface area contributed by atoms with Gasteiger partial charge in [0.15, 0.2) is 5.12 Å². The van der Waals surface area contributed by atoms with E-state index < -0.39 is 12.2 Å². The van der Waals surface area contributed by atoms with E-state index in [1.54, 1.807) is 19.1 Å². The van der Waals surface area contributed by atoms with Gasteiger partial charge in [0.1, 0.15) is 11.3 Å². The average molecular weight is 276 g/mol. The summed E-state index contributed by atoms with van der Waals surface area (Å²) < 4.78 is 0. The fourth-order valence-electron chi connectivity index (χ4n) is 1.35. The molecule has 1 aromatic heterocycles. The molecule has 17 heavy (non-hydrogen) atoms. The summed E-state index contributed by atoms with van der Waals surface area (Å²) in [6.45, 7) is 3.12. The van der Waals surface area contributed by atoms with Crippen molar-refractivity contribution in [2.24, 2.45) is 0 Å². The molecule has 0 aliphatic heterocycles. The number of pyridine rings is 1. The van der Waals surface area contributed by atoms with Crippen molar-refractivity contribution in [2.45, 2.75) is 26.1 Å². The standard InChI is InChI=1S/C11H14ClNO3S/c1-6-8(3-4-10(12)13-6)11(16)9(15)5-17-7(2)14/h3-4,9,11,15-16H,5H2,1-2H3. The molecular formula is C11H14ClNO3S. The van der Waals surface area contributed by atoms with Crippen LogP contribution in [0.4, 0.5) is 0 Å².